The first kappa shape index (κ1) is 36.2. The van der Waals surface area contributed by atoms with Crippen LogP contribution in [-0.2, 0) is 52.3 Å². The first-order valence-electron chi connectivity index (χ1n) is 2.00. The van der Waals surface area contributed by atoms with Crippen molar-refractivity contribution in [3.8, 4) is 0 Å². The summed E-state index contributed by atoms with van der Waals surface area (Å²) in [5, 5.41) is 0. The molecular formula is H8N2O12PtS3. The van der Waals surface area contributed by atoms with Crippen molar-refractivity contribution in [2.45, 2.75) is 0 Å². The van der Waals surface area contributed by atoms with Gasteiger partial charge in [0.25, 0.3) is 0 Å². The van der Waals surface area contributed by atoms with Crippen molar-refractivity contribution in [1.29, 1.82) is 0 Å². The molecule has 0 aliphatic carbocycles. The third-order valence-electron chi connectivity index (χ3n) is 0. The molecule has 0 bridgehead atoms. The quantitative estimate of drug-likeness (QED) is 0.235. The molecule has 0 amide bonds. The Morgan fingerprint density at radius 3 is 0.444 bits per heavy atom. The summed E-state index contributed by atoms with van der Waals surface area (Å²) in [5.74, 6) is 0. The maximum Gasteiger partial charge on any atom is 4.00 e. The van der Waals surface area contributed by atoms with Gasteiger partial charge in [0.15, 0.2) is 0 Å². The van der Waals surface area contributed by atoms with Gasteiger partial charge in [0.1, 0.15) is 0 Å². The van der Waals surface area contributed by atoms with Crippen LogP contribution in [-0.4, -0.2) is 52.6 Å². The molecule has 0 aromatic heterocycles. The fourth-order valence-electron chi connectivity index (χ4n) is 0. The van der Waals surface area contributed by atoms with Crippen LogP contribution in [0.2, 0.25) is 0 Å². The van der Waals surface area contributed by atoms with E-state index in [4.69, 9.17) is 52.6 Å². The average molecular weight is 519 g/mol. The predicted octanol–water partition coefficient (Wildman–Crippen LogP) is -3.26. The van der Waals surface area contributed by atoms with Crippen LogP contribution < -0.4 is 12.3 Å². The van der Waals surface area contributed by atoms with E-state index in [1.807, 2.05) is 0 Å². The molecule has 0 radical (unpaired) electrons. The van der Waals surface area contributed by atoms with Gasteiger partial charge in [0, 0.05) is 31.2 Å². The van der Waals surface area contributed by atoms with E-state index in [-0.39, 0.29) is 33.4 Å². The molecule has 0 fully saturated rings. The van der Waals surface area contributed by atoms with Gasteiger partial charge >= 0.3 is 21.1 Å². The second kappa shape index (κ2) is 13.6. The van der Waals surface area contributed by atoms with Crippen LogP contribution in [0.4, 0.5) is 0 Å². The minimum atomic E-state index is -5.17. The SMILES string of the molecule is O=S(=O)([O-])[O-].O=S(=O)([O-])[O-].O=S(=O)([O-])[O-].[NH4+].[NH4+].[Pt+4]. The van der Waals surface area contributed by atoms with Gasteiger partial charge in [-0.25, -0.2) is 0 Å². The van der Waals surface area contributed by atoms with Crippen LogP contribution in [0.3, 0.4) is 0 Å². The Morgan fingerprint density at radius 1 is 0.444 bits per heavy atom. The van der Waals surface area contributed by atoms with Crippen LogP contribution in [0.15, 0.2) is 0 Å². The predicted molar refractivity (Wildman–Crippen MR) is 43.4 cm³/mol. The molecule has 0 saturated heterocycles. The number of hydrogen-bond acceptors (Lipinski definition) is 12. The summed E-state index contributed by atoms with van der Waals surface area (Å²) in [4.78, 5) is 0. The van der Waals surface area contributed by atoms with Crippen molar-refractivity contribution in [3.05, 3.63) is 0 Å². The summed E-state index contributed by atoms with van der Waals surface area (Å²) < 4.78 is 102. The third kappa shape index (κ3) is 78800. The van der Waals surface area contributed by atoms with E-state index in [9.17, 15) is 0 Å². The summed E-state index contributed by atoms with van der Waals surface area (Å²) in [6.45, 7) is 0. The molecule has 0 atom stereocenters. The Bertz CT molecular complexity index is 346. The molecule has 0 aliphatic heterocycles. The summed E-state index contributed by atoms with van der Waals surface area (Å²) in [5.41, 5.74) is 0. The number of hydrogen-bond donors (Lipinski definition) is 2. The number of rotatable bonds is 0. The smallest absolute Gasteiger partial charge is 0.759 e. The van der Waals surface area contributed by atoms with Gasteiger partial charge in [0.2, 0.25) is 0 Å². The van der Waals surface area contributed by atoms with Gasteiger partial charge in [-0.05, 0) is 0 Å². The van der Waals surface area contributed by atoms with E-state index in [2.05, 4.69) is 0 Å². The maximum atomic E-state index is 8.52. The van der Waals surface area contributed by atoms with Crippen molar-refractivity contribution < 1.29 is 73.6 Å². The molecular weight excluding hydrogens is 511 g/mol. The maximum absolute atomic E-state index is 8.52. The summed E-state index contributed by atoms with van der Waals surface area (Å²) in [7, 11) is -15.5. The van der Waals surface area contributed by atoms with Gasteiger partial charge < -0.3 is 39.6 Å². The Morgan fingerprint density at radius 2 is 0.444 bits per heavy atom. The molecule has 0 rings (SSSR count). The van der Waals surface area contributed by atoms with Crippen molar-refractivity contribution in [2.75, 3.05) is 0 Å². The Kier molecular flexibility index (Phi) is 27.4. The van der Waals surface area contributed by atoms with E-state index < -0.39 is 31.2 Å². The molecule has 0 unspecified atom stereocenters. The second-order valence-electron chi connectivity index (χ2n) is 1.22. The monoisotopic (exact) mass is 519 g/mol. The van der Waals surface area contributed by atoms with Crippen molar-refractivity contribution >= 4 is 31.2 Å². The fourth-order valence-corrected chi connectivity index (χ4v) is 0. The van der Waals surface area contributed by atoms with E-state index in [0.717, 1.165) is 0 Å². The summed E-state index contributed by atoms with van der Waals surface area (Å²) in [6, 6.07) is 0. The average Bonchev–Trinajstić information content (AvgIpc) is 1.41. The van der Waals surface area contributed by atoms with Crippen molar-refractivity contribution in [3.63, 3.8) is 0 Å². The molecule has 0 aromatic rings. The molecule has 0 saturated carbocycles. The summed E-state index contributed by atoms with van der Waals surface area (Å²) in [6.07, 6.45) is 0. The van der Waals surface area contributed by atoms with E-state index >= 15 is 0 Å². The van der Waals surface area contributed by atoms with E-state index in [0.29, 0.717) is 0 Å². The molecule has 18 heteroatoms. The van der Waals surface area contributed by atoms with Gasteiger partial charge in [-0.2, -0.15) is 0 Å². The zero-order valence-electron chi connectivity index (χ0n) is 8.44. The first-order valence-corrected chi connectivity index (χ1v) is 6.00. The second-order valence-corrected chi connectivity index (χ2v) is 3.67. The normalized spacial score (nSPS) is 9.67. The first-order chi connectivity index (χ1) is 6.00. The standard InChI is InChI=1S/2H3N.3H2O4S.Pt/c;;3*1-5(2,3)4;/h2*1H3;3*(H2,1,2,3,4);/q;;;;;+4/p-4. The Balaban J connectivity index is -0.0000000277. The topological polar surface area (TPSA) is 314 Å². The fraction of sp³-hybridized carbons (Fsp3) is 0. The molecule has 118 valence electrons. The third-order valence-corrected chi connectivity index (χ3v) is 0. The van der Waals surface area contributed by atoms with Gasteiger partial charge in [-0.15, -0.1) is 0 Å². The Labute approximate surface area is 117 Å². The van der Waals surface area contributed by atoms with Gasteiger partial charge in [-0.1, -0.05) is 0 Å². The summed E-state index contributed by atoms with van der Waals surface area (Å²) >= 11 is 0. The van der Waals surface area contributed by atoms with Crippen LogP contribution in [0.25, 0.3) is 0 Å². The van der Waals surface area contributed by atoms with Crippen molar-refractivity contribution in [2.24, 2.45) is 0 Å². The zero-order chi connectivity index (χ0) is 13.5. The van der Waals surface area contributed by atoms with E-state index in [1.165, 1.54) is 0 Å². The minimum Gasteiger partial charge on any atom is -0.759 e. The van der Waals surface area contributed by atoms with Crippen LogP contribution >= 0.6 is 0 Å². The molecule has 8 N–H and O–H groups in total. The van der Waals surface area contributed by atoms with Crippen LogP contribution in [0, 0.1) is 0 Å². The van der Waals surface area contributed by atoms with Gasteiger partial charge in [-0.3, -0.25) is 25.3 Å². The number of quaternary nitrogens is 2. The molecule has 0 spiro atoms. The van der Waals surface area contributed by atoms with Crippen LogP contribution in [0.1, 0.15) is 0 Å². The largest absolute Gasteiger partial charge is 4.00 e. The molecule has 14 nitrogen and oxygen atoms in total. The van der Waals surface area contributed by atoms with E-state index in [1.54, 1.807) is 0 Å². The van der Waals surface area contributed by atoms with Crippen molar-refractivity contribution in [1.82, 2.24) is 12.3 Å². The molecule has 0 heterocycles. The molecule has 0 aliphatic rings. The molecule has 18 heavy (non-hydrogen) atoms. The Hall–Kier alpha value is 0.218. The minimum absolute atomic E-state index is 0. The van der Waals surface area contributed by atoms with Crippen LogP contribution in [0.5, 0.6) is 0 Å². The van der Waals surface area contributed by atoms with Gasteiger partial charge in [0.05, 0.1) is 0 Å². The molecule has 0 aromatic carbocycles. The zero-order valence-corrected chi connectivity index (χ0v) is 13.2.